The van der Waals surface area contributed by atoms with Crippen LogP contribution in [0.2, 0.25) is 0 Å². The van der Waals surface area contributed by atoms with Gasteiger partial charge in [0.05, 0.1) is 6.10 Å². The Kier molecular flexibility index (Phi) is 4.24. The summed E-state index contributed by atoms with van der Waals surface area (Å²) in [5, 5.41) is 0. The van der Waals surface area contributed by atoms with E-state index >= 15 is 0 Å². The molecule has 1 aliphatic rings. The van der Waals surface area contributed by atoms with Gasteiger partial charge in [-0.2, -0.15) is 0 Å². The van der Waals surface area contributed by atoms with E-state index < -0.39 is 0 Å². The number of carbonyl (C=O) groups is 1. The molecule has 1 unspecified atom stereocenters. The van der Waals surface area contributed by atoms with Crippen LogP contribution in [-0.4, -0.2) is 37.1 Å². The quantitative estimate of drug-likeness (QED) is 0.852. The van der Waals surface area contributed by atoms with Gasteiger partial charge in [0, 0.05) is 35.9 Å². The number of carbonyl (C=O) groups excluding carboxylic acids is 1. The molecule has 4 nitrogen and oxygen atoms in total. The van der Waals surface area contributed by atoms with Crippen LogP contribution in [0, 0.1) is 0 Å². The van der Waals surface area contributed by atoms with E-state index in [-0.39, 0.29) is 12.0 Å². The molecule has 1 aromatic carbocycles. The third-order valence-electron chi connectivity index (χ3n) is 3.17. The second-order valence-corrected chi connectivity index (χ2v) is 5.44. The molecule has 5 heteroatoms. The summed E-state index contributed by atoms with van der Waals surface area (Å²) in [6.07, 6.45) is 2.14. The predicted octanol–water partition coefficient (Wildman–Crippen LogP) is 2.28. The van der Waals surface area contributed by atoms with Crippen LogP contribution >= 0.6 is 15.9 Å². The minimum atomic E-state index is 0.0183. The number of halogens is 1. The molecule has 0 aromatic heterocycles. The predicted molar refractivity (Wildman–Crippen MR) is 74.5 cm³/mol. The third kappa shape index (κ3) is 3.03. The van der Waals surface area contributed by atoms with E-state index in [1.165, 1.54) is 0 Å². The van der Waals surface area contributed by atoms with Crippen molar-refractivity contribution in [1.29, 1.82) is 0 Å². The zero-order chi connectivity index (χ0) is 13.1. The summed E-state index contributed by atoms with van der Waals surface area (Å²) in [4.78, 5) is 14.2. The van der Waals surface area contributed by atoms with E-state index in [1.807, 2.05) is 4.90 Å². The molecule has 2 N–H and O–H groups in total. The minimum Gasteiger partial charge on any atom is -0.399 e. The number of benzene rings is 1. The number of ether oxygens (including phenoxy) is 1. The van der Waals surface area contributed by atoms with Crippen LogP contribution < -0.4 is 5.73 Å². The molecule has 0 spiro atoms. The molecule has 1 amide bonds. The maximum absolute atomic E-state index is 12.4. The first-order valence-electron chi connectivity index (χ1n) is 5.98. The molecule has 1 heterocycles. The van der Waals surface area contributed by atoms with Gasteiger partial charge in [0.15, 0.2) is 0 Å². The lowest BCUT2D eigenvalue weighted by molar-refractivity contribution is 0.0269. The number of nitrogens with zero attached hydrogens (tertiary/aromatic N) is 1. The zero-order valence-electron chi connectivity index (χ0n) is 10.4. The average Bonchev–Trinajstić information content (AvgIpc) is 2.37. The Bertz CT molecular complexity index is 430. The summed E-state index contributed by atoms with van der Waals surface area (Å²) in [6, 6.07) is 5.30. The van der Waals surface area contributed by atoms with E-state index in [0.717, 1.165) is 23.9 Å². The van der Waals surface area contributed by atoms with Crippen molar-refractivity contribution in [2.75, 3.05) is 25.9 Å². The topological polar surface area (TPSA) is 55.6 Å². The Balaban J connectivity index is 2.15. The van der Waals surface area contributed by atoms with Gasteiger partial charge in [-0.3, -0.25) is 4.79 Å². The highest BCUT2D eigenvalue weighted by atomic mass is 79.9. The third-order valence-corrected chi connectivity index (χ3v) is 3.62. The van der Waals surface area contributed by atoms with E-state index in [1.54, 1.807) is 25.3 Å². The summed E-state index contributed by atoms with van der Waals surface area (Å²) in [6.45, 7) is 1.44. The minimum absolute atomic E-state index is 0.0183. The molecule has 1 aliphatic heterocycles. The van der Waals surface area contributed by atoms with Crippen LogP contribution in [0.4, 0.5) is 5.69 Å². The van der Waals surface area contributed by atoms with Gasteiger partial charge < -0.3 is 15.4 Å². The number of anilines is 1. The van der Waals surface area contributed by atoms with E-state index in [0.29, 0.717) is 17.8 Å². The summed E-state index contributed by atoms with van der Waals surface area (Å²) < 4.78 is 6.15. The van der Waals surface area contributed by atoms with Crippen molar-refractivity contribution in [3.05, 3.63) is 28.2 Å². The largest absolute Gasteiger partial charge is 0.399 e. The van der Waals surface area contributed by atoms with Crippen molar-refractivity contribution >= 4 is 27.5 Å². The molecule has 0 aliphatic carbocycles. The van der Waals surface area contributed by atoms with Gasteiger partial charge in [-0.25, -0.2) is 0 Å². The molecule has 18 heavy (non-hydrogen) atoms. The zero-order valence-corrected chi connectivity index (χ0v) is 11.9. The molecule has 1 saturated heterocycles. The van der Waals surface area contributed by atoms with Gasteiger partial charge >= 0.3 is 0 Å². The Morgan fingerprint density at radius 1 is 1.50 bits per heavy atom. The average molecular weight is 313 g/mol. The second-order valence-electron chi connectivity index (χ2n) is 4.52. The van der Waals surface area contributed by atoms with Crippen LogP contribution in [0.15, 0.2) is 22.7 Å². The molecular formula is C13H17BrN2O2. The summed E-state index contributed by atoms with van der Waals surface area (Å²) in [7, 11) is 1.69. The van der Waals surface area contributed by atoms with E-state index in [2.05, 4.69) is 15.9 Å². The molecule has 1 atom stereocenters. The molecule has 1 fully saturated rings. The number of rotatable bonds is 2. The van der Waals surface area contributed by atoms with Crippen LogP contribution in [0.5, 0.6) is 0 Å². The molecule has 2 rings (SSSR count). The number of nitrogen functional groups attached to an aromatic ring is 1. The van der Waals surface area contributed by atoms with Gasteiger partial charge in [-0.15, -0.1) is 0 Å². The van der Waals surface area contributed by atoms with E-state index in [4.69, 9.17) is 10.5 Å². The van der Waals surface area contributed by atoms with Crippen LogP contribution in [0.3, 0.4) is 0 Å². The van der Waals surface area contributed by atoms with Crippen LogP contribution in [0.25, 0.3) is 0 Å². The number of likely N-dealkylation sites (tertiary alicyclic amines) is 1. The first-order chi connectivity index (χ1) is 8.60. The van der Waals surface area contributed by atoms with Gasteiger partial charge in [0.25, 0.3) is 5.91 Å². The van der Waals surface area contributed by atoms with Crippen LogP contribution in [-0.2, 0) is 4.74 Å². The lowest BCUT2D eigenvalue weighted by Crippen LogP contribution is -2.42. The number of hydrogen-bond acceptors (Lipinski definition) is 3. The highest BCUT2D eigenvalue weighted by molar-refractivity contribution is 9.10. The molecule has 0 radical (unpaired) electrons. The van der Waals surface area contributed by atoms with Crippen molar-refractivity contribution in [3.8, 4) is 0 Å². The number of piperidine rings is 1. The standard InChI is InChI=1S/C13H17BrN2O2/c1-18-12-3-2-4-16(8-12)13(17)9-5-10(14)7-11(15)6-9/h5-7,12H,2-4,8,15H2,1H3. The number of hydrogen-bond donors (Lipinski definition) is 1. The fourth-order valence-corrected chi connectivity index (χ4v) is 2.74. The Labute approximate surface area is 115 Å². The van der Waals surface area contributed by atoms with Crippen molar-refractivity contribution in [2.45, 2.75) is 18.9 Å². The molecule has 98 valence electrons. The molecule has 0 saturated carbocycles. The smallest absolute Gasteiger partial charge is 0.254 e. The van der Waals surface area contributed by atoms with Crippen LogP contribution in [0.1, 0.15) is 23.2 Å². The van der Waals surface area contributed by atoms with E-state index in [9.17, 15) is 4.79 Å². The second kappa shape index (κ2) is 5.71. The number of nitrogens with two attached hydrogens (primary N) is 1. The fourth-order valence-electron chi connectivity index (χ4n) is 2.23. The summed E-state index contributed by atoms with van der Waals surface area (Å²) in [5.74, 6) is 0.0183. The first kappa shape index (κ1) is 13.4. The normalized spacial score (nSPS) is 19.9. The van der Waals surface area contributed by atoms with Gasteiger partial charge in [0.1, 0.15) is 0 Å². The highest BCUT2D eigenvalue weighted by Gasteiger charge is 2.24. The molecular weight excluding hydrogens is 296 g/mol. The van der Waals surface area contributed by atoms with Crippen molar-refractivity contribution in [2.24, 2.45) is 0 Å². The number of amides is 1. The van der Waals surface area contributed by atoms with Crippen molar-refractivity contribution in [3.63, 3.8) is 0 Å². The van der Waals surface area contributed by atoms with Gasteiger partial charge in [-0.05, 0) is 31.0 Å². The lowest BCUT2D eigenvalue weighted by Gasteiger charge is -2.32. The van der Waals surface area contributed by atoms with Gasteiger partial charge in [-0.1, -0.05) is 15.9 Å². The van der Waals surface area contributed by atoms with Gasteiger partial charge in [0.2, 0.25) is 0 Å². The monoisotopic (exact) mass is 312 g/mol. The summed E-state index contributed by atoms with van der Waals surface area (Å²) in [5.41, 5.74) is 6.97. The Morgan fingerprint density at radius 3 is 2.94 bits per heavy atom. The van der Waals surface area contributed by atoms with Crippen molar-refractivity contribution < 1.29 is 9.53 Å². The first-order valence-corrected chi connectivity index (χ1v) is 6.77. The number of methoxy groups -OCH3 is 1. The Morgan fingerprint density at radius 2 is 2.28 bits per heavy atom. The SMILES string of the molecule is COC1CCCN(C(=O)c2cc(N)cc(Br)c2)C1. The lowest BCUT2D eigenvalue weighted by atomic mass is 10.1. The highest BCUT2D eigenvalue weighted by Crippen LogP contribution is 2.21. The maximum atomic E-state index is 12.4. The molecule has 0 bridgehead atoms. The van der Waals surface area contributed by atoms with Crippen molar-refractivity contribution in [1.82, 2.24) is 4.90 Å². The molecule has 1 aromatic rings. The fraction of sp³-hybridized carbons (Fsp3) is 0.462. The maximum Gasteiger partial charge on any atom is 0.254 e. The Hall–Kier alpha value is -1.07. The summed E-state index contributed by atoms with van der Waals surface area (Å²) >= 11 is 3.36.